The number of carbonyl (C=O) groups excluding carboxylic acids is 1. The van der Waals surface area contributed by atoms with Crippen molar-refractivity contribution in [2.45, 2.75) is 0 Å². The standard InChI is InChI=1S/C9H7NO2.Sn/c1-3-7-4-5-10-8(6-7)9(11)12-2;/h1,3,5-6H,2H3;. The summed E-state index contributed by atoms with van der Waals surface area (Å²) >= 11 is -0.510. The van der Waals surface area contributed by atoms with Crippen LogP contribution in [0.15, 0.2) is 16.4 Å². The fourth-order valence-electron chi connectivity index (χ4n) is 1.17. The molecule has 1 aromatic heterocycles. The number of nitrogens with zero attached hydrogens (tertiary/aromatic N) is 1. The molecule has 0 unspecified atom stereocenters. The van der Waals surface area contributed by atoms with Gasteiger partial charge in [-0.1, -0.05) is 0 Å². The third-order valence-corrected chi connectivity index (χ3v) is 4.86. The van der Waals surface area contributed by atoms with Crippen molar-refractivity contribution in [3.63, 3.8) is 0 Å². The molecule has 3 nitrogen and oxygen atoms in total. The molecular weight excluding hydrogens is 273 g/mol. The summed E-state index contributed by atoms with van der Waals surface area (Å²) in [5.41, 5.74) is 1.54. The second kappa shape index (κ2) is 3.49. The van der Waals surface area contributed by atoms with Crippen LogP contribution in [0.3, 0.4) is 0 Å². The summed E-state index contributed by atoms with van der Waals surface area (Å²) in [6.45, 7) is 0. The van der Waals surface area contributed by atoms with Crippen LogP contribution in [0.1, 0.15) is 16.1 Å². The van der Waals surface area contributed by atoms with E-state index >= 15 is 0 Å². The van der Waals surface area contributed by atoms with E-state index in [1.54, 1.807) is 12.3 Å². The normalized spacial score (nSPS) is 12.7. The Hall–Kier alpha value is -0.841. The molecule has 0 bridgehead atoms. The van der Waals surface area contributed by atoms with Gasteiger partial charge in [-0.25, -0.2) is 0 Å². The molecule has 0 atom stereocenters. The summed E-state index contributed by atoms with van der Waals surface area (Å²) in [7, 11) is 1.36. The minimum absolute atomic E-state index is 0.367. The van der Waals surface area contributed by atoms with E-state index in [4.69, 9.17) is 0 Å². The number of hydrogen-bond donors (Lipinski definition) is 0. The van der Waals surface area contributed by atoms with Gasteiger partial charge < -0.3 is 0 Å². The molecular formula is C9H7NO2Sn. The Balaban J connectivity index is 2.40. The number of carbonyl (C=O) groups is 1. The predicted molar refractivity (Wildman–Crippen MR) is 50.0 cm³/mol. The van der Waals surface area contributed by atoms with E-state index in [-0.39, 0.29) is 5.97 Å². The van der Waals surface area contributed by atoms with Gasteiger partial charge in [-0.2, -0.15) is 0 Å². The van der Waals surface area contributed by atoms with Crippen molar-refractivity contribution in [2.24, 2.45) is 0 Å². The van der Waals surface area contributed by atoms with Crippen LogP contribution < -0.4 is 3.58 Å². The number of fused-ring (bicyclic) bond motifs is 1. The third-order valence-electron chi connectivity index (χ3n) is 1.83. The molecule has 4 heteroatoms. The molecule has 1 aromatic rings. The molecule has 2 rings (SSSR count). The van der Waals surface area contributed by atoms with Gasteiger partial charge in [0.25, 0.3) is 0 Å². The first kappa shape index (κ1) is 8.74. The first-order valence-corrected chi connectivity index (χ1v) is 6.90. The van der Waals surface area contributed by atoms with Crippen LogP contribution in [0, 0.1) is 0 Å². The summed E-state index contributed by atoms with van der Waals surface area (Å²) < 4.78 is 8.13. The van der Waals surface area contributed by atoms with Gasteiger partial charge in [0.05, 0.1) is 0 Å². The maximum atomic E-state index is 11.1. The van der Waals surface area contributed by atoms with E-state index in [0.29, 0.717) is 5.69 Å². The zero-order valence-electron chi connectivity index (χ0n) is 7.07. The van der Waals surface area contributed by atoms with Gasteiger partial charge in [-0.3, -0.25) is 0 Å². The molecule has 0 fully saturated rings. The molecule has 1 aliphatic heterocycles. The second-order valence-electron chi connectivity index (χ2n) is 2.63. The summed E-state index contributed by atoms with van der Waals surface area (Å²) in [6, 6.07) is 1.80. The number of esters is 1. The monoisotopic (exact) mass is 281 g/mol. The molecule has 0 spiro atoms. The topological polar surface area (TPSA) is 39.2 Å². The molecule has 1 aliphatic rings. The van der Waals surface area contributed by atoms with Crippen molar-refractivity contribution < 1.29 is 9.53 Å². The Morgan fingerprint density at radius 2 is 2.46 bits per heavy atom. The van der Waals surface area contributed by atoms with Crippen molar-refractivity contribution in [3.8, 4) is 0 Å². The van der Waals surface area contributed by atoms with Gasteiger partial charge in [0.1, 0.15) is 0 Å². The first-order valence-electron chi connectivity index (χ1n) is 3.83. The molecule has 0 saturated carbocycles. The van der Waals surface area contributed by atoms with E-state index in [0.717, 1.165) is 5.56 Å². The molecule has 0 N–H and O–H groups in total. The predicted octanol–water partition coefficient (Wildman–Crippen LogP) is 0.182. The SMILES string of the molecule is COC(=O)c1cc2[c](cn1)[Sn][CH]=C2. The van der Waals surface area contributed by atoms with E-state index in [1.165, 1.54) is 10.7 Å². The molecule has 0 amide bonds. The minimum atomic E-state index is -0.510. The van der Waals surface area contributed by atoms with Crippen molar-refractivity contribution >= 4 is 36.8 Å². The average Bonchev–Trinajstić information content (AvgIpc) is 2.63. The first-order chi connectivity index (χ1) is 6.31. The second-order valence-corrected chi connectivity index (χ2v) is 5.94. The Bertz CT molecular complexity index is 387. The molecule has 2 radical (unpaired) electrons. The number of methoxy groups -OCH3 is 1. The maximum absolute atomic E-state index is 11.1. The van der Waals surface area contributed by atoms with Crippen LogP contribution in [0.5, 0.6) is 0 Å². The molecule has 2 heterocycles. The fraction of sp³-hybridized carbons (Fsp3) is 0.111. The Labute approximate surface area is 86.0 Å². The number of pyridine rings is 1. The fourth-order valence-corrected chi connectivity index (χ4v) is 3.75. The van der Waals surface area contributed by atoms with Crippen LogP contribution in [-0.4, -0.2) is 39.2 Å². The molecule has 64 valence electrons. The summed E-state index contributed by atoms with van der Waals surface area (Å²) in [5, 5.41) is 0. The van der Waals surface area contributed by atoms with Crippen LogP contribution in [0.25, 0.3) is 6.08 Å². The third kappa shape index (κ3) is 1.60. The summed E-state index contributed by atoms with van der Waals surface area (Å²) in [5.74, 6) is -0.367. The number of rotatable bonds is 1. The zero-order chi connectivity index (χ0) is 9.26. The van der Waals surface area contributed by atoms with Crippen molar-refractivity contribution in [2.75, 3.05) is 7.11 Å². The quantitative estimate of drug-likeness (QED) is 0.544. The van der Waals surface area contributed by atoms with E-state index in [9.17, 15) is 4.79 Å². The Morgan fingerprint density at radius 1 is 1.62 bits per heavy atom. The van der Waals surface area contributed by atoms with Crippen molar-refractivity contribution in [1.82, 2.24) is 4.98 Å². The number of ether oxygens (including phenoxy) is 1. The van der Waals surface area contributed by atoms with Gasteiger partial charge >= 0.3 is 86.0 Å². The van der Waals surface area contributed by atoms with Gasteiger partial charge in [0.2, 0.25) is 0 Å². The Kier molecular flexibility index (Phi) is 2.35. The van der Waals surface area contributed by atoms with E-state index < -0.39 is 21.1 Å². The van der Waals surface area contributed by atoms with Gasteiger partial charge in [-0.15, -0.1) is 0 Å². The van der Waals surface area contributed by atoms with Crippen molar-refractivity contribution in [3.05, 3.63) is 27.6 Å². The molecule has 0 saturated heterocycles. The van der Waals surface area contributed by atoms with Crippen LogP contribution in [0.4, 0.5) is 0 Å². The number of hydrogen-bond acceptors (Lipinski definition) is 3. The van der Waals surface area contributed by atoms with Gasteiger partial charge in [0, 0.05) is 0 Å². The van der Waals surface area contributed by atoms with Crippen LogP contribution in [-0.2, 0) is 4.74 Å². The molecule has 0 aliphatic carbocycles. The Morgan fingerprint density at radius 3 is 3.23 bits per heavy atom. The summed E-state index contributed by atoms with van der Waals surface area (Å²) in [4.78, 5) is 15.2. The molecule has 0 aromatic carbocycles. The number of aromatic nitrogens is 1. The van der Waals surface area contributed by atoms with E-state index in [1.807, 2.05) is 0 Å². The van der Waals surface area contributed by atoms with Crippen LogP contribution in [0.2, 0.25) is 0 Å². The zero-order valence-corrected chi connectivity index (χ0v) is 9.93. The van der Waals surface area contributed by atoms with Gasteiger partial charge in [-0.05, 0) is 0 Å². The summed E-state index contributed by atoms with van der Waals surface area (Å²) in [6.07, 6.45) is 3.86. The average molecular weight is 280 g/mol. The van der Waals surface area contributed by atoms with E-state index in [2.05, 4.69) is 19.9 Å². The van der Waals surface area contributed by atoms with Gasteiger partial charge in [0.15, 0.2) is 0 Å². The van der Waals surface area contributed by atoms with Crippen molar-refractivity contribution in [1.29, 1.82) is 0 Å². The molecule has 13 heavy (non-hydrogen) atoms. The van der Waals surface area contributed by atoms with Crippen LogP contribution >= 0.6 is 0 Å².